The van der Waals surface area contributed by atoms with E-state index in [-0.39, 0.29) is 29.6 Å². The Morgan fingerprint density at radius 1 is 1.18 bits per heavy atom. The van der Waals surface area contributed by atoms with Crippen LogP contribution in [0.3, 0.4) is 0 Å². The first-order chi connectivity index (χ1) is 13.3. The maximum Gasteiger partial charge on any atom is 0.333 e. The zero-order valence-electron chi connectivity index (χ0n) is 15.3. The second-order valence-corrected chi connectivity index (χ2v) is 8.72. The summed E-state index contributed by atoms with van der Waals surface area (Å²) in [5.74, 6) is 0.0879. The number of rotatable bonds is 4. The molecular weight excluding hydrogens is 392 g/mol. The Bertz CT molecular complexity index is 1120. The summed E-state index contributed by atoms with van der Waals surface area (Å²) in [4.78, 5) is 3.93. The molecule has 1 saturated heterocycles. The number of aryl methyl sites for hydroxylation is 1. The smallest absolute Gasteiger partial charge is 0.213 e. The van der Waals surface area contributed by atoms with Gasteiger partial charge in [-0.1, -0.05) is 0 Å². The Morgan fingerprint density at radius 3 is 2.54 bits per heavy atom. The highest BCUT2D eigenvalue weighted by molar-refractivity contribution is 7.89. The lowest BCUT2D eigenvalue weighted by molar-refractivity contribution is 0.0541. The molecule has 4 heterocycles. The number of alkyl halides is 2. The quantitative estimate of drug-likeness (QED) is 0.650. The van der Waals surface area contributed by atoms with E-state index < -0.39 is 16.6 Å². The van der Waals surface area contributed by atoms with E-state index >= 15 is 0 Å². The van der Waals surface area contributed by atoms with Crippen molar-refractivity contribution in [3.8, 4) is 0 Å². The van der Waals surface area contributed by atoms with Crippen LogP contribution in [-0.4, -0.2) is 55.4 Å². The standard InChI is InChI=1S/C16H19F2N7O2S/c1-10-7-14-19-9-21-25(14)22-15(10)12-3-5-23(6-4-12)28(26,27)13-8-20-24(11(13)2)16(17)18/h7-9,12,16H,3-6H2,1-2H3. The number of aromatic nitrogens is 6. The number of hydrogen-bond acceptors (Lipinski definition) is 6. The van der Waals surface area contributed by atoms with Gasteiger partial charge in [0.05, 0.1) is 17.6 Å². The van der Waals surface area contributed by atoms with Crippen LogP contribution in [0.15, 0.2) is 23.5 Å². The Kier molecular flexibility index (Phi) is 4.62. The molecule has 150 valence electrons. The van der Waals surface area contributed by atoms with Crippen molar-refractivity contribution in [1.82, 2.24) is 33.9 Å². The van der Waals surface area contributed by atoms with E-state index in [1.165, 1.54) is 22.2 Å². The molecule has 4 rings (SSSR count). The Labute approximate surface area is 160 Å². The van der Waals surface area contributed by atoms with Gasteiger partial charge in [-0.05, 0) is 38.3 Å². The summed E-state index contributed by atoms with van der Waals surface area (Å²) in [5, 5.41) is 12.1. The molecule has 0 aromatic carbocycles. The monoisotopic (exact) mass is 411 g/mol. The van der Waals surface area contributed by atoms with Crippen LogP contribution in [0.2, 0.25) is 0 Å². The Morgan fingerprint density at radius 2 is 1.89 bits per heavy atom. The molecule has 0 unspecified atom stereocenters. The van der Waals surface area contributed by atoms with Crippen LogP contribution >= 0.6 is 0 Å². The fraction of sp³-hybridized carbons (Fsp3) is 0.500. The minimum absolute atomic E-state index is 0.0636. The highest BCUT2D eigenvalue weighted by atomic mass is 32.2. The average Bonchev–Trinajstić information content (AvgIpc) is 3.27. The summed E-state index contributed by atoms with van der Waals surface area (Å²) >= 11 is 0. The minimum Gasteiger partial charge on any atom is -0.213 e. The van der Waals surface area contributed by atoms with E-state index in [1.54, 1.807) is 0 Å². The first-order valence-corrected chi connectivity index (χ1v) is 10.2. The zero-order valence-corrected chi connectivity index (χ0v) is 16.1. The topological polar surface area (TPSA) is 98.3 Å². The van der Waals surface area contributed by atoms with Crippen molar-refractivity contribution in [2.75, 3.05) is 13.1 Å². The molecule has 0 atom stereocenters. The predicted octanol–water partition coefficient (Wildman–Crippen LogP) is 1.90. The lowest BCUT2D eigenvalue weighted by Gasteiger charge is -2.31. The molecule has 0 spiro atoms. The Balaban J connectivity index is 1.54. The summed E-state index contributed by atoms with van der Waals surface area (Å²) in [6, 6.07) is 1.90. The molecule has 1 aliphatic rings. The fourth-order valence-electron chi connectivity index (χ4n) is 3.64. The van der Waals surface area contributed by atoms with Gasteiger partial charge in [0.25, 0.3) is 0 Å². The van der Waals surface area contributed by atoms with Gasteiger partial charge in [-0.2, -0.15) is 23.3 Å². The molecule has 12 heteroatoms. The van der Waals surface area contributed by atoms with Crippen LogP contribution in [0.1, 0.15) is 42.3 Å². The van der Waals surface area contributed by atoms with E-state index in [1.807, 2.05) is 13.0 Å². The molecular formula is C16H19F2N7O2S. The molecule has 1 aliphatic heterocycles. The van der Waals surface area contributed by atoms with Crippen molar-refractivity contribution in [2.45, 2.75) is 44.1 Å². The molecule has 0 bridgehead atoms. The van der Waals surface area contributed by atoms with Gasteiger partial charge in [0.15, 0.2) is 5.65 Å². The predicted molar refractivity (Wildman–Crippen MR) is 94.5 cm³/mol. The lowest BCUT2D eigenvalue weighted by Crippen LogP contribution is -2.38. The molecule has 0 N–H and O–H groups in total. The van der Waals surface area contributed by atoms with Crippen LogP contribution in [0.4, 0.5) is 8.78 Å². The summed E-state index contributed by atoms with van der Waals surface area (Å²) in [6.45, 7) is 0.961. The molecule has 1 fully saturated rings. The summed E-state index contributed by atoms with van der Waals surface area (Å²) in [7, 11) is -3.88. The van der Waals surface area contributed by atoms with Gasteiger partial charge in [-0.25, -0.2) is 18.1 Å². The average molecular weight is 411 g/mol. The van der Waals surface area contributed by atoms with Crippen LogP contribution in [0.25, 0.3) is 5.65 Å². The molecule has 9 nitrogen and oxygen atoms in total. The number of halogens is 2. The molecule has 28 heavy (non-hydrogen) atoms. The van der Waals surface area contributed by atoms with Gasteiger partial charge < -0.3 is 0 Å². The van der Waals surface area contributed by atoms with Gasteiger partial charge in [0, 0.05) is 19.0 Å². The van der Waals surface area contributed by atoms with Gasteiger partial charge in [-0.3, -0.25) is 0 Å². The normalized spacial score (nSPS) is 17.0. The van der Waals surface area contributed by atoms with E-state index in [0.717, 1.165) is 17.5 Å². The Hall–Kier alpha value is -2.47. The molecule has 0 aliphatic carbocycles. The first kappa shape index (κ1) is 18.9. The van der Waals surface area contributed by atoms with Gasteiger partial charge in [0.1, 0.15) is 11.2 Å². The molecule has 0 saturated carbocycles. The molecule has 3 aromatic rings. The molecule has 0 amide bonds. The lowest BCUT2D eigenvalue weighted by atomic mass is 9.92. The number of piperidine rings is 1. The molecule has 3 aromatic heterocycles. The van der Waals surface area contributed by atoms with Gasteiger partial charge >= 0.3 is 6.55 Å². The first-order valence-electron chi connectivity index (χ1n) is 8.79. The zero-order chi connectivity index (χ0) is 20.1. The van der Waals surface area contributed by atoms with E-state index in [0.29, 0.717) is 23.2 Å². The second-order valence-electron chi connectivity index (χ2n) is 6.82. The van der Waals surface area contributed by atoms with Crippen LogP contribution in [-0.2, 0) is 10.0 Å². The third kappa shape index (κ3) is 3.05. The van der Waals surface area contributed by atoms with E-state index in [2.05, 4.69) is 20.3 Å². The molecule has 0 radical (unpaired) electrons. The van der Waals surface area contributed by atoms with Crippen LogP contribution in [0, 0.1) is 13.8 Å². The van der Waals surface area contributed by atoms with Crippen molar-refractivity contribution in [3.63, 3.8) is 0 Å². The fourth-order valence-corrected chi connectivity index (χ4v) is 5.25. The van der Waals surface area contributed by atoms with Crippen LogP contribution < -0.4 is 0 Å². The number of hydrogen-bond donors (Lipinski definition) is 0. The van der Waals surface area contributed by atoms with Crippen molar-refractivity contribution in [3.05, 3.63) is 35.5 Å². The largest absolute Gasteiger partial charge is 0.333 e. The summed E-state index contributed by atoms with van der Waals surface area (Å²) in [6.07, 6.45) is 3.58. The van der Waals surface area contributed by atoms with Crippen molar-refractivity contribution >= 4 is 15.7 Å². The third-order valence-electron chi connectivity index (χ3n) is 5.15. The maximum atomic E-state index is 12.9. The van der Waals surface area contributed by atoms with Gasteiger partial charge in [0.2, 0.25) is 10.0 Å². The second kappa shape index (κ2) is 6.85. The summed E-state index contributed by atoms with van der Waals surface area (Å²) < 4.78 is 54.8. The number of nitrogens with zero attached hydrogens (tertiary/aromatic N) is 7. The number of fused-ring (bicyclic) bond motifs is 1. The van der Waals surface area contributed by atoms with Crippen molar-refractivity contribution in [1.29, 1.82) is 0 Å². The third-order valence-corrected chi connectivity index (χ3v) is 7.15. The van der Waals surface area contributed by atoms with Crippen molar-refractivity contribution < 1.29 is 17.2 Å². The number of sulfonamides is 1. The van der Waals surface area contributed by atoms with Crippen LogP contribution in [0.5, 0.6) is 0 Å². The summed E-state index contributed by atoms with van der Waals surface area (Å²) in [5.41, 5.74) is 2.45. The highest BCUT2D eigenvalue weighted by Crippen LogP contribution is 2.32. The van der Waals surface area contributed by atoms with Gasteiger partial charge in [-0.15, -0.1) is 9.73 Å². The maximum absolute atomic E-state index is 12.9. The highest BCUT2D eigenvalue weighted by Gasteiger charge is 2.34. The van der Waals surface area contributed by atoms with E-state index in [4.69, 9.17) is 0 Å². The van der Waals surface area contributed by atoms with Crippen molar-refractivity contribution in [2.24, 2.45) is 0 Å². The SMILES string of the molecule is Cc1cc2ncnn2nc1C1CCN(S(=O)(=O)c2cnn(C(F)F)c2C)CC1. The minimum atomic E-state index is -3.88. The van der Waals surface area contributed by atoms with E-state index in [9.17, 15) is 17.2 Å².